The van der Waals surface area contributed by atoms with Gasteiger partial charge in [-0.15, -0.1) is 0 Å². The van der Waals surface area contributed by atoms with Crippen LogP contribution in [0.15, 0.2) is 24.3 Å². The van der Waals surface area contributed by atoms with Crippen LogP contribution < -0.4 is 0 Å². The van der Waals surface area contributed by atoms with Crippen molar-refractivity contribution in [2.75, 3.05) is 6.61 Å². The molecule has 1 nitrogen and oxygen atoms in total. The number of alkyl halides is 1. The first kappa shape index (κ1) is 9.61. The van der Waals surface area contributed by atoms with Crippen LogP contribution in [0.1, 0.15) is 18.4 Å². The number of hydrogen-bond donors (Lipinski definition) is 0. The van der Waals surface area contributed by atoms with Gasteiger partial charge in [-0.25, -0.2) is 4.39 Å². The second-order valence-corrected chi connectivity index (χ2v) is 4.92. The monoisotopic (exact) mass is 226 g/mol. The summed E-state index contributed by atoms with van der Waals surface area (Å²) in [5.41, 5.74) is -0.648. The molecule has 3 heteroatoms. The van der Waals surface area contributed by atoms with E-state index in [-0.39, 0.29) is 0 Å². The van der Waals surface area contributed by atoms with Crippen molar-refractivity contribution in [2.45, 2.75) is 30.5 Å². The van der Waals surface area contributed by atoms with Gasteiger partial charge in [0.15, 0.2) is 0 Å². The maximum atomic E-state index is 14.0. The molecule has 1 heterocycles. The van der Waals surface area contributed by atoms with Gasteiger partial charge in [-0.3, -0.25) is 0 Å². The zero-order valence-electron chi connectivity index (χ0n) is 8.30. The van der Waals surface area contributed by atoms with Crippen LogP contribution in [0.5, 0.6) is 0 Å². The van der Waals surface area contributed by atoms with E-state index in [4.69, 9.17) is 16.3 Å². The minimum absolute atomic E-state index is 0.536. The van der Waals surface area contributed by atoms with Gasteiger partial charge in [0.2, 0.25) is 0 Å². The Kier molecular flexibility index (Phi) is 1.89. The van der Waals surface area contributed by atoms with E-state index in [1.54, 1.807) is 0 Å². The molecule has 15 heavy (non-hydrogen) atoms. The average Bonchev–Trinajstić information content (AvgIpc) is 3.08. The molecule has 1 aliphatic carbocycles. The fourth-order valence-corrected chi connectivity index (χ4v) is 2.32. The summed E-state index contributed by atoms with van der Waals surface area (Å²) in [5, 5.41) is 0.705. The van der Waals surface area contributed by atoms with Gasteiger partial charge in [-0.1, -0.05) is 29.8 Å². The lowest BCUT2D eigenvalue weighted by Crippen LogP contribution is -2.30. The van der Waals surface area contributed by atoms with Crippen LogP contribution in [0.4, 0.5) is 4.39 Å². The lowest BCUT2D eigenvalue weighted by molar-refractivity contribution is 0.140. The molecule has 1 aromatic carbocycles. The number of hydrogen-bond acceptors (Lipinski definition) is 1. The lowest BCUT2D eigenvalue weighted by Gasteiger charge is -2.16. The molecule has 1 atom stereocenters. The Hall–Kier alpha value is -0.600. The number of epoxide rings is 1. The van der Waals surface area contributed by atoms with E-state index >= 15 is 0 Å². The summed E-state index contributed by atoms with van der Waals surface area (Å²) in [4.78, 5) is 0. The molecule has 80 valence electrons. The van der Waals surface area contributed by atoms with Gasteiger partial charge < -0.3 is 4.74 Å². The molecule has 0 spiro atoms. The summed E-state index contributed by atoms with van der Waals surface area (Å²) in [7, 11) is 0. The summed E-state index contributed by atoms with van der Waals surface area (Å²) >= 11 is 6.05. The van der Waals surface area contributed by atoms with Crippen molar-refractivity contribution in [3.05, 3.63) is 34.9 Å². The summed E-state index contributed by atoms with van der Waals surface area (Å²) < 4.78 is 19.3. The SMILES string of the molecule is FC1(C2(Cc3ccccc3Cl)CO2)CC1. The molecule has 2 fully saturated rings. The lowest BCUT2D eigenvalue weighted by atomic mass is 9.94. The zero-order valence-corrected chi connectivity index (χ0v) is 9.06. The van der Waals surface area contributed by atoms with E-state index in [2.05, 4.69) is 0 Å². The number of rotatable bonds is 3. The molecule has 0 radical (unpaired) electrons. The normalized spacial score (nSPS) is 31.3. The van der Waals surface area contributed by atoms with Crippen LogP contribution in [-0.2, 0) is 11.2 Å². The van der Waals surface area contributed by atoms with E-state index in [9.17, 15) is 4.39 Å². The van der Waals surface area contributed by atoms with E-state index < -0.39 is 11.3 Å². The van der Waals surface area contributed by atoms with Crippen LogP contribution in [-0.4, -0.2) is 17.9 Å². The summed E-state index contributed by atoms with van der Waals surface area (Å²) in [6.07, 6.45) is 1.87. The molecule has 1 saturated heterocycles. The molecule has 1 aliphatic heterocycles. The molecule has 3 rings (SSSR count). The van der Waals surface area contributed by atoms with Crippen molar-refractivity contribution >= 4 is 11.6 Å². The first-order chi connectivity index (χ1) is 7.15. The van der Waals surface area contributed by atoms with Crippen molar-refractivity contribution in [3.63, 3.8) is 0 Å². The molecule has 0 N–H and O–H groups in total. The summed E-state index contributed by atoms with van der Waals surface area (Å²) in [5.74, 6) is 0. The Morgan fingerprint density at radius 2 is 2.00 bits per heavy atom. The van der Waals surface area contributed by atoms with Crippen LogP contribution in [0.3, 0.4) is 0 Å². The number of ether oxygens (including phenoxy) is 1. The molecule has 1 aromatic rings. The molecule has 0 aromatic heterocycles. The standard InChI is InChI=1S/C12H12ClFO/c13-10-4-2-1-3-9(10)7-12(8-15-12)11(14)5-6-11/h1-4H,5-8H2. The van der Waals surface area contributed by atoms with Crippen molar-refractivity contribution in [1.29, 1.82) is 0 Å². The Morgan fingerprint density at radius 1 is 1.33 bits per heavy atom. The minimum Gasteiger partial charge on any atom is -0.366 e. The first-order valence-corrected chi connectivity index (χ1v) is 5.59. The van der Waals surface area contributed by atoms with Gasteiger partial charge in [0, 0.05) is 11.4 Å². The third-order valence-electron chi connectivity index (χ3n) is 3.43. The predicted molar refractivity (Wildman–Crippen MR) is 56.9 cm³/mol. The minimum atomic E-state index is -1.08. The zero-order chi connectivity index (χ0) is 10.5. The molecular weight excluding hydrogens is 215 g/mol. The molecule has 1 unspecified atom stereocenters. The highest BCUT2D eigenvalue weighted by Gasteiger charge is 2.68. The Labute approximate surface area is 93.2 Å². The van der Waals surface area contributed by atoms with Crippen molar-refractivity contribution in [1.82, 2.24) is 0 Å². The molecule has 0 amide bonds. The third-order valence-corrected chi connectivity index (χ3v) is 3.80. The maximum Gasteiger partial charge on any atom is 0.142 e. The fraction of sp³-hybridized carbons (Fsp3) is 0.500. The quantitative estimate of drug-likeness (QED) is 0.722. The van der Waals surface area contributed by atoms with E-state index in [0.717, 1.165) is 5.56 Å². The molecule has 1 saturated carbocycles. The average molecular weight is 227 g/mol. The van der Waals surface area contributed by atoms with Gasteiger partial charge in [0.25, 0.3) is 0 Å². The molecule has 0 bridgehead atoms. The van der Waals surface area contributed by atoms with Gasteiger partial charge in [0.1, 0.15) is 11.3 Å². The Balaban J connectivity index is 1.84. The largest absolute Gasteiger partial charge is 0.366 e. The van der Waals surface area contributed by atoms with Gasteiger partial charge >= 0.3 is 0 Å². The van der Waals surface area contributed by atoms with Crippen molar-refractivity contribution in [3.8, 4) is 0 Å². The smallest absolute Gasteiger partial charge is 0.142 e. The van der Waals surface area contributed by atoms with Gasteiger partial charge in [0.05, 0.1) is 6.61 Å². The fourth-order valence-electron chi connectivity index (χ4n) is 2.12. The van der Waals surface area contributed by atoms with Gasteiger partial charge in [-0.05, 0) is 24.5 Å². The van der Waals surface area contributed by atoms with Crippen molar-refractivity contribution < 1.29 is 9.13 Å². The number of benzene rings is 1. The van der Waals surface area contributed by atoms with Crippen LogP contribution in [0.2, 0.25) is 5.02 Å². The van der Waals surface area contributed by atoms with E-state index in [0.29, 0.717) is 30.9 Å². The Bertz CT molecular complexity index is 396. The third kappa shape index (κ3) is 1.47. The molecular formula is C12H12ClFO. The Morgan fingerprint density at radius 3 is 2.53 bits per heavy atom. The second-order valence-electron chi connectivity index (χ2n) is 4.52. The first-order valence-electron chi connectivity index (χ1n) is 5.22. The second kappa shape index (κ2) is 2.96. The van der Waals surface area contributed by atoms with E-state index in [1.165, 1.54) is 0 Å². The summed E-state index contributed by atoms with van der Waals surface area (Å²) in [6, 6.07) is 7.59. The van der Waals surface area contributed by atoms with Crippen LogP contribution in [0, 0.1) is 0 Å². The van der Waals surface area contributed by atoms with Crippen molar-refractivity contribution in [2.24, 2.45) is 0 Å². The van der Waals surface area contributed by atoms with E-state index in [1.807, 2.05) is 24.3 Å². The van der Waals surface area contributed by atoms with Crippen LogP contribution in [0.25, 0.3) is 0 Å². The van der Waals surface area contributed by atoms with Gasteiger partial charge in [-0.2, -0.15) is 0 Å². The number of halogens is 2. The highest BCUT2D eigenvalue weighted by Crippen LogP contribution is 2.58. The highest BCUT2D eigenvalue weighted by atomic mass is 35.5. The van der Waals surface area contributed by atoms with Crippen LogP contribution >= 0.6 is 11.6 Å². The highest BCUT2D eigenvalue weighted by molar-refractivity contribution is 6.31. The predicted octanol–water partition coefficient (Wildman–Crippen LogP) is 3.15. The maximum absolute atomic E-state index is 14.0. The summed E-state index contributed by atoms with van der Waals surface area (Å²) in [6.45, 7) is 0.536. The molecule has 2 aliphatic rings. The topological polar surface area (TPSA) is 12.5 Å².